The Morgan fingerprint density at radius 3 is 2.60 bits per heavy atom. The van der Waals surface area contributed by atoms with Crippen LogP contribution in [-0.2, 0) is 20.9 Å². The Morgan fingerprint density at radius 2 is 1.93 bits per heavy atom. The van der Waals surface area contributed by atoms with Crippen LogP contribution in [0.3, 0.4) is 0 Å². The lowest BCUT2D eigenvalue weighted by Gasteiger charge is -2.12. The first-order valence-electron chi connectivity index (χ1n) is 8.82. The van der Waals surface area contributed by atoms with Gasteiger partial charge in [0.25, 0.3) is 11.6 Å². The average molecular weight is 416 g/mol. The summed E-state index contributed by atoms with van der Waals surface area (Å²) < 4.78 is 28.2. The van der Waals surface area contributed by atoms with E-state index in [-0.39, 0.29) is 36.2 Å². The monoisotopic (exact) mass is 416 g/mol. The Bertz CT molecular complexity index is 1000. The van der Waals surface area contributed by atoms with Crippen molar-refractivity contribution in [2.45, 2.75) is 19.6 Å². The number of carbonyl (C=O) groups excluding carboxylic acids is 2. The fraction of sp³-hybridized carbons (Fsp3) is 0.200. The zero-order valence-corrected chi connectivity index (χ0v) is 15.8. The molecule has 1 aliphatic heterocycles. The van der Waals surface area contributed by atoms with E-state index in [1.54, 1.807) is 0 Å². The molecule has 0 fully saturated rings. The zero-order valence-electron chi connectivity index (χ0n) is 15.8. The van der Waals surface area contributed by atoms with E-state index in [0.717, 1.165) is 6.08 Å². The molecule has 0 radical (unpaired) electrons. The molecule has 1 atom stereocenters. The Balaban J connectivity index is 1.58. The topological polar surface area (TPSA) is 117 Å². The smallest absolute Gasteiger partial charge is 0.331 e. The number of benzene rings is 2. The Kier molecular flexibility index (Phi) is 6.26. The summed E-state index contributed by atoms with van der Waals surface area (Å²) in [4.78, 5) is 34.7. The maximum Gasteiger partial charge on any atom is 0.331 e. The van der Waals surface area contributed by atoms with Crippen molar-refractivity contribution in [2.75, 3.05) is 6.79 Å². The van der Waals surface area contributed by atoms with Crippen LogP contribution in [0.5, 0.6) is 11.5 Å². The van der Waals surface area contributed by atoms with Gasteiger partial charge in [0.05, 0.1) is 16.6 Å². The summed E-state index contributed by atoms with van der Waals surface area (Å²) >= 11 is 0. The van der Waals surface area contributed by atoms with Gasteiger partial charge in [-0.3, -0.25) is 14.9 Å². The fourth-order valence-electron chi connectivity index (χ4n) is 2.60. The number of esters is 1. The predicted molar refractivity (Wildman–Crippen MR) is 102 cm³/mol. The molecule has 2 aromatic carbocycles. The first-order valence-corrected chi connectivity index (χ1v) is 8.82. The maximum atomic E-state index is 12.9. The third kappa shape index (κ3) is 5.10. The summed E-state index contributed by atoms with van der Waals surface area (Å²) in [5.74, 6) is -1.22. The van der Waals surface area contributed by atoms with Crippen LogP contribution >= 0.6 is 0 Å². The van der Waals surface area contributed by atoms with Gasteiger partial charge < -0.3 is 19.5 Å². The summed E-state index contributed by atoms with van der Waals surface area (Å²) in [7, 11) is 0. The molecule has 30 heavy (non-hydrogen) atoms. The highest BCUT2D eigenvalue weighted by Gasteiger charge is 2.22. The highest BCUT2D eigenvalue weighted by Crippen LogP contribution is 2.38. The molecule has 1 N–H and O–H groups in total. The van der Waals surface area contributed by atoms with Gasteiger partial charge in [0, 0.05) is 12.6 Å². The van der Waals surface area contributed by atoms with Gasteiger partial charge >= 0.3 is 5.97 Å². The summed E-state index contributed by atoms with van der Waals surface area (Å²) in [6, 6.07) is 8.17. The molecule has 156 valence electrons. The van der Waals surface area contributed by atoms with Gasteiger partial charge in [-0.25, -0.2) is 9.18 Å². The van der Waals surface area contributed by atoms with Crippen molar-refractivity contribution in [3.63, 3.8) is 0 Å². The summed E-state index contributed by atoms with van der Waals surface area (Å²) in [6.45, 7) is 1.47. The van der Waals surface area contributed by atoms with Crippen molar-refractivity contribution in [3.05, 3.63) is 69.5 Å². The van der Waals surface area contributed by atoms with Crippen molar-refractivity contribution in [1.82, 2.24) is 5.32 Å². The van der Waals surface area contributed by atoms with Crippen molar-refractivity contribution < 1.29 is 33.1 Å². The molecule has 0 aliphatic carbocycles. The molecule has 0 aromatic heterocycles. The van der Waals surface area contributed by atoms with E-state index in [1.807, 2.05) is 0 Å². The van der Waals surface area contributed by atoms with Gasteiger partial charge in [-0.15, -0.1) is 0 Å². The first-order chi connectivity index (χ1) is 14.3. The zero-order chi connectivity index (χ0) is 21.7. The van der Waals surface area contributed by atoms with E-state index in [4.69, 9.17) is 14.2 Å². The van der Waals surface area contributed by atoms with Crippen LogP contribution < -0.4 is 14.8 Å². The summed E-state index contributed by atoms with van der Waals surface area (Å²) in [5, 5.41) is 13.8. The maximum absolute atomic E-state index is 12.9. The minimum absolute atomic E-state index is 0.0494. The van der Waals surface area contributed by atoms with Crippen LogP contribution in [0.4, 0.5) is 10.1 Å². The van der Waals surface area contributed by atoms with Gasteiger partial charge in [0.15, 0.2) is 17.6 Å². The molecule has 1 aliphatic rings. The summed E-state index contributed by atoms with van der Waals surface area (Å²) in [6.07, 6.45) is 1.08. The normalized spacial score (nSPS) is 13.1. The molecule has 2 aromatic rings. The van der Waals surface area contributed by atoms with Crippen LogP contribution in [0.2, 0.25) is 0 Å². The SMILES string of the molecule is C[C@@H](OC(=O)/C=C/c1cc2c(cc1[N+](=O)[O-])OCO2)C(=O)NCc1ccc(F)cc1. The third-order valence-electron chi connectivity index (χ3n) is 4.16. The average Bonchev–Trinajstić information content (AvgIpc) is 3.18. The molecular weight excluding hydrogens is 399 g/mol. The minimum Gasteiger partial charge on any atom is -0.454 e. The number of hydrogen-bond donors (Lipinski definition) is 1. The molecule has 1 heterocycles. The summed E-state index contributed by atoms with van der Waals surface area (Å²) in [5.41, 5.74) is 0.529. The number of nitrogens with zero attached hydrogens (tertiary/aromatic N) is 1. The predicted octanol–water partition coefficient (Wildman–Crippen LogP) is 2.72. The molecule has 0 bridgehead atoms. The Hall–Kier alpha value is -3.95. The molecule has 10 heteroatoms. The Morgan fingerprint density at radius 1 is 1.27 bits per heavy atom. The Labute approximate surface area is 170 Å². The number of nitrogens with one attached hydrogen (secondary N) is 1. The standard InChI is InChI=1S/C20H17FN2O7/c1-12(20(25)22-10-13-2-5-15(21)6-3-13)30-19(24)7-4-14-8-17-18(29-11-28-17)9-16(14)23(26)27/h2-9,12H,10-11H2,1H3,(H,22,25)/b7-4+/t12-/m1/s1. The van der Waals surface area contributed by atoms with Crippen molar-refractivity contribution >= 4 is 23.6 Å². The lowest BCUT2D eigenvalue weighted by atomic mass is 10.1. The number of fused-ring (bicyclic) bond motifs is 1. The van der Waals surface area contributed by atoms with E-state index in [0.29, 0.717) is 11.3 Å². The molecule has 0 unspecified atom stereocenters. The van der Waals surface area contributed by atoms with Gasteiger partial charge in [-0.2, -0.15) is 0 Å². The van der Waals surface area contributed by atoms with Crippen LogP contribution in [0, 0.1) is 15.9 Å². The largest absolute Gasteiger partial charge is 0.454 e. The van der Waals surface area contributed by atoms with Crippen molar-refractivity contribution in [3.8, 4) is 11.5 Å². The van der Waals surface area contributed by atoms with Crippen LogP contribution in [0.25, 0.3) is 6.08 Å². The molecular formula is C20H17FN2O7. The number of halogens is 1. The van der Waals surface area contributed by atoms with Gasteiger partial charge in [0.2, 0.25) is 6.79 Å². The highest BCUT2D eigenvalue weighted by atomic mass is 19.1. The van der Waals surface area contributed by atoms with Crippen LogP contribution in [-0.4, -0.2) is 29.7 Å². The quantitative estimate of drug-likeness (QED) is 0.319. The second-order valence-electron chi connectivity index (χ2n) is 6.28. The van der Waals surface area contributed by atoms with Crippen LogP contribution in [0.1, 0.15) is 18.1 Å². The van der Waals surface area contributed by atoms with Crippen LogP contribution in [0.15, 0.2) is 42.5 Å². The van der Waals surface area contributed by atoms with E-state index in [9.17, 15) is 24.1 Å². The molecule has 1 amide bonds. The van der Waals surface area contributed by atoms with Crippen molar-refractivity contribution in [2.24, 2.45) is 0 Å². The number of ether oxygens (including phenoxy) is 3. The molecule has 3 rings (SSSR count). The number of rotatable bonds is 7. The lowest BCUT2D eigenvalue weighted by Crippen LogP contribution is -2.35. The van der Waals surface area contributed by atoms with E-state index >= 15 is 0 Å². The number of hydrogen-bond acceptors (Lipinski definition) is 7. The molecule has 0 spiro atoms. The second-order valence-corrected chi connectivity index (χ2v) is 6.28. The minimum atomic E-state index is -1.10. The number of amides is 1. The number of carbonyl (C=O) groups is 2. The number of nitro benzene ring substituents is 1. The highest BCUT2D eigenvalue weighted by molar-refractivity contribution is 5.91. The fourth-order valence-corrected chi connectivity index (χ4v) is 2.60. The van der Waals surface area contributed by atoms with Gasteiger partial charge in [-0.1, -0.05) is 12.1 Å². The lowest BCUT2D eigenvalue weighted by molar-refractivity contribution is -0.385. The molecule has 9 nitrogen and oxygen atoms in total. The van der Waals surface area contributed by atoms with Crippen molar-refractivity contribution in [1.29, 1.82) is 0 Å². The first kappa shape index (κ1) is 20.8. The molecule has 0 saturated heterocycles. The number of nitro groups is 1. The van der Waals surface area contributed by atoms with E-state index < -0.39 is 22.9 Å². The molecule has 0 saturated carbocycles. The van der Waals surface area contributed by atoms with Gasteiger partial charge in [0.1, 0.15) is 5.82 Å². The third-order valence-corrected chi connectivity index (χ3v) is 4.16. The second kappa shape index (κ2) is 9.03. The van der Waals surface area contributed by atoms with E-state index in [2.05, 4.69) is 5.32 Å². The van der Waals surface area contributed by atoms with Gasteiger partial charge in [-0.05, 0) is 36.8 Å². The van der Waals surface area contributed by atoms with E-state index in [1.165, 1.54) is 49.4 Å².